The summed E-state index contributed by atoms with van der Waals surface area (Å²) in [5.41, 5.74) is 1.33. The van der Waals surface area contributed by atoms with Gasteiger partial charge < -0.3 is 10.2 Å². The number of hydrogen-bond donors (Lipinski definition) is 1. The van der Waals surface area contributed by atoms with Gasteiger partial charge in [0, 0.05) is 22.1 Å². The van der Waals surface area contributed by atoms with Crippen LogP contribution in [0.25, 0.3) is 0 Å². The first-order valence-corrected chi connectivity index (χ1v) is 9.91. The van der Waals surface area contributed by atoms with Crippen molar-refractivity contribution in [3.05, 3.63) is 69.7 Å². The molecule has 1 atom stereocenters. The molecule has 0 radical (unpaired) electrons. The maximum atomic E-state index is 13.1. The molecule has 0 aliphatic rings. The minimum atomic E-state index is -0.627. The first-order valence-electron chi connectivity index (χ1n) is 9.15. The van der Waals surface area contributed by atoms with Crippen molar-refractivity contribution in [2.75, 3.05) is 0 Å². The molecule has 28 heavy (non-hydrogen) atoms. The molecule has 0 saturated carbocycles. The Morgan fingerprint density at radius 2 is 1.64 bits per heavy atom. The predicted molar refractivity (Wildman–Crippen MR) is 115 cm³/mol. The van der Waals surface area contributed by atoms with Crippen molar-refractivity contribution < 1.29 is 9.59 Å². The van der Waals surface area contributed by atoms with Crippen LogP contribution in [0, 0.1) is 0 Å². The van der Waals surface area contributed by atoms with Crippen LogP contribution in [0.4, 0.5) is 0 Å². The van der Waals surface area contributed by atoms with Gasteiger partial charge in [-0.3, -0.25) is 9.59 Å². The van der Waals surface area contributed by atoms with Crippen LogP contribution < -0.4 is 5.32 Å². The Labute approximate surface area is 176 Å². The molecule has 2 rings (SSSR count). The van der Waals surface area contributed by atoms with E-state index in [1.807, 2.05) is 45.0 Å². The van der Waals surface area contributed by atoms with E-state index < -0.39 is 6.04 Å². The lowest BCUT2D eigenvalue weighted by Gasteiger charge is -2.31. The largest absolute Gasteiger partial charge is 0.350 e. The Hall–Kier alpha value is -2.04. The zero-order valence-corrected chi connectivity index (χ0v) is 18.1. The van der Waals surface area contributed by atoms with Gasteiger partial charge in [0.25, 0.3) is 0 Å². The van der Waals surface area contributed by atoms with E-state index >= 15 is 0 Å². The van der Waals surface area contributed by atoms with Crippen LogP contribution in [0.5, 0.6) is 0 Å². The van der Waals surface area contributed by atoms with E-state index in [-0.39, 0.29) is 23.8 Å². The van der Waals surface area contributed by atoms with E-state index in [1.165, 1.54) is 0 Å². The first kappa shape index (κ1) is 22.3. The van der Waals surface area contributed by atoms with Gasteiger partial charge >= 0.3 is 0 Å². The third kappa shape index (κ3) is 6.84. The van der Waals surface area contributed by atoms with E-state index in [9.17, 15) is 9.59 Å². The molecule has 1 N–H and O–H groups in total. The molecule has 2 amide bonds. The highest BCUT2D eigenvalue weighted by Gasteiger charge is 2.28. The number of nitrogens with one attached hydrogen (secondary N) is 1. The second-order valence-corrected chi connectivity index (χ2v) is 8.74. The Morgan fingerprint density at radius 3 is 2.21 bits per heavy atom. The second kappa shape index (κ2) is 9.44. The molecule has 2 aromatic rings. The zero-order chi connectivity index (χ0) is 20.9. The quantitative estimate of drug-likeness (QED) is 0.724. The second-order valence-electron chi connectivity index (χ2n) is 7.87. The number of amides is 2. The molecule has 0 bridgehead atoms. The highest BCUT2D eigenvalue weighted by atomic mass is 35.5. The lowest BCUT2D eigenvalue weighted by atomic mass is 10.1. The fraction of sp³-hybridized carbons (Fsp3) is 0.364. The predicted octanol–water partition coefficient (Wildman–Crippen LogP) is 4.87. The molecule has 0 spiro atoms. The average molecular weight is 421 g/mol. The summed E-state index contributed by atoms with van der Waals surface area (Å²) in [5, 5.41) is 4.15. The summed E-state index contributed by atoms with van der Waals surface area (Å²) < 4.78 is 0. The molecule has 0 aliphatic heterocycles. The number of hydrogen-bond acceptors (Lipinski definition) is 2. The lowest BCUT2D eigenvalue weighted by molar-refractivity contribution is -0.140. The molecule has 0 heterocycles. The van der Waals surface area contributed by atoms with Crippen molar-refractivity contribution in [3.8, 4) is 0 Å². The van der Waals surface area contributed by atoms with Gasteiger partial charge in [-0.25, -0.2) is 0 Å². The van der Waals surface area contributed by atoms with Gasteiger partial charge in [-0.15, -0.1) is 0 Å². The minimum absolute atomic E-state index is 0.140. The lowest BCUT2D eigenvalue weighted by Crippen LogP contribution is -2.52. The van der Waals surface area contributed by atoms with Crippen molar-refractivity contribution in [2.45, 2.75) is 52.2 Å². The summed E-state index contributed by atoms with van der Waals surface area (Å²) >= 11 is 12.0. The number of halogens is 2. The Kier molecular flexibility index (Phi) is 7.50. The summed E-state index contributed by atoms with van der Waals surface area (Å²) in [5.74, 6) is -0.335. The van der Waals surface area contributed by atoms with E-state index in [2.05, 4.69) is 5.32 Å². The summed E-state index contributed by atoms with van der Waals surface area (Å²) in [6.45, 7) is 7.77. The molecule has 0 aromatic heterocycles. The Balaban J connectivity index is 2.24. The summed E-state index contributed by atoms with van der Waals surface area (Å²) in [6, 6.07) is 13.8. The van der Waals surface area contributed by atoms with E-state index in [0.29, 0.717) is 16.6 Å². The molecule has 0 fully saturated rings. The van der Waals surface area contributed by atoms with Gasteiger partial charge in [0.15, 0.2) is 0 Å². The minimum Gasteiger partial charge on any atom is -0.350 e. The maximum absolute atomic E-state index is 13.1. The Morgan fingerprint density at radius 1 is 1.00 bits per heavy atom. The topological polar surface area (TPSA) is 49.4 Å². The first-order chi connectivity index (χ1) is 13.0. The molecule has 4 nitrogen and oxygen atoms in total. The van der Waals surface area contributed by atoms with E-state index in [0.717, 1.165) is 11.1 Å². The molecule has 6 heteroatoms. The van der Waals surface area contributed by atoms with Crippen molar-refractivity contribution in [1.82, 2.24) is 10.2 Å². The molecule has 0 aliphatic carbocycles. The van der Waals surface area contributed by atoms with Gasteiger partial charge in [-0.2, -0.15) is 0 Å². The number of rotatable bonds is 6. The molecule has 0 unspecified atom stereocenters. The van der Waals surface area contributed by atoms with Gasteiger partial charge in [0.2, 0.25) is 11.8 Å². The standard InChI is InChI=1S/C22H26Cl2N2O2/c1-15(21(28)25-22(2,3)4)26(14-17-6-5-7-19(24)12-17)20(27)13-16-8-10-18(23)11-9-16/h5-12,15H,13-14H2,1-4H3,(H,25,28)/t15-/m0/s1. The van der Waals surface area contributed by atoms with Crippen LogP contribution in [0.1, 0.15) is 38.8 Å². The smallest absolute Gasteiger partial charge is 0.242 e. The van der Waals surface area contributed by atoms with Crippen molar-refractivity contribution in [1.29, 1.82) is 0 Å². The van der Waals surface area contributed by atoms with Crippen LogP contribution in [-0.4, -0.2) is 28.3 Å². The van der Waals surface area contributed by atoms with Gasteiger partial charge in [0.1, 0.15) is 6.04 Å². The highest BCUT2D eigenvalue weighted by Crippen LogP contribution is 2.17. The van der Waals surface area contributed by atoms with Crippen LogP contribution in [0.3, 0.4) is 0 Å². The van der Waals surface area contributed by atoms with Crippen LogP contribution in [0.2, 0.25) is 10.0 Å². The summed E-state index contributed by atoms with van der Waals surface area (Å²) in [4.78, 5) is 27.4. The maximum Gasteiger partial charge on any atom is 0.242 e. The number of nitrogens with zero attached hydrogens (tertiary/aromatic N) is 1. The van der Waals surface area contributed by atoms with Crippen molar-refractivity contribution in [3.63, 3.8) is 0 Å². The van der Waals surface area contributed by atoms with Crippen LogP contribution >= 0.6 is 23.2 Å². The van der Waals surface area contributed by atoms with Gasteiger partial charge in [-0.1, -0.05) is 47.5 Å². The third-order valence-electron chi connectivity index (χ3n) is 4.18. The van der Waals surface area contributed by atoms with E-state index in [1.54, 1.807) is 36.1 Å². The van der Waals surface area contributed by atoms with Gasteiger partial charge in [-0.05, 0) is 63.1 Å². The average Bonchev–Trinajstić information content (AvgIpc) is 2.59. The normalized spacial score (nSPS) is 12.4. The molecule has 2 aromatic carbocycles. The molecular weight excluding hydrogens is 395 g/mol. The Bertz CT molecular complexity index is 829. The van der Waals surface area contributed by atoms with E-state index in [4.69, 9.17) is 23.2 Å². The highest BCUT2D eigenvalue weighted by molar-refractivity contribution is 6.30. The molecule has 0 saturated heterocycles. The summed E-state index contributed by atoms with van der Waals surface area (Å²) in [6.07, 6.45) is 0.185. The number of benzene rings is 2. The molecular formula is C22H26Cl2N2O2. The number of carbonyl (C=O) groups is 2. The van der Waals surface area contributed by atoms with Crippen LogP contribution in [-0.2, 0) is 22.6 Å². The fourth-order valence-electron chi connectivity index (χ4n) is 2.77. The zero-order valence-electron chi connectivity index (χ0n) is 16.6. The number of carbonyl (C=O) groups excluding carboxylic acids is 2. The fourth-order valence-corrected chi connectivity index (χ4v) is 3.11. The third-order valence-corrected chi connectivity index (χ3v) is 4.66. The molecule has 150 valence electrons. The SMILES string of the molecule is C[C@@H](C(=O)NC(C)(C)C)N(Cc1cccc(Cl)c1)C(=O)Cc1ccc(Cl)cc1. The van der Waals surface area contributed by atoms with Gasteiger partial charge in [0.05, 0.1) is 6.42 Å². The monoisotopic (exact) mass is 420 g/mol. The summed E-state index contributed by atoms with van der Waals surface area (Å²) in [7, 11) is 0. The van der Waals surface area contributed by atoms with Crippen molar-refractivity contribution in [2.24, 2.45) is 0 Å². The van der Waals surface area contributed by atoms with Crippen molar-refractivity contribution >= 4 is 35.0 Å². The van der Waals surface area contributed by atoms with Crippen LogP contribution in [0.15, 0.2) is 48.5 Å².